The molecule has 5 nitrogen and oxygen atoms in total. The molecule has 19 heavy (non-hydrogen) atoms. The van der Waals surface area contributed by atoms with Crippen LogP contribution in [0.1, 0.15) is 33.1 Å². The molecule has 0 radical (unpaired) electrons. The Morgan fingerprint density at radius 1 is 1.42 bits per heavy atom. The minimum absolute atomic E-state index is 0.0541. The molecule has 0 N–H and O–H groups in total. The number of nitrogens with zero attached hydrogens (tertiary/aromatic N) is 3. The van der Waals surface area contributed by atoms with Crippen molar-refractivity contribution in [1.29, 1.82) is 0 Å². The van der Waals surface area contributed by atoms with Crippen LogP contribution < -0.4 is 4.90 Å². The standard InChI is InChI=1S/C14H21N3O2/c1-11(2)9-12-5-7-16(8-6-12)14-4-3-13(10-15-14)17(18)19/h3-4,10-12H,5-9H2,1-2H3. The minimum Gasteiger partial charge on any atom is -0.357 e. The maximum atomic E-state index is 10.6. The summed E-state index contributed by atoms with van der Waals surface area (Å²) in [4.78, 5) is 16.6. The predicted molar refractivity (Wildman–Crippen MR) is 75.3 cm³/mol. The molecule has 0 amide bonds. The van der Waals surface area contributed by atoms with E-state index in [2.05, 4.69) is 23.7 Å². The maximum Gasteiger partial charge on any atom is 0.287 e. The van der Waals surface area contributed by atoms with Crippen LogP contribution in [0, 0.1) is 22.0 Å². The fourth-order valence-electron chi connectivity index (χ4n) is 2.74. The topological polar surface area (TPSA) is 59.3 Å². The first-order chi connectivity index (χ1) is 9.06. The Labute approximate surface area is 113 Å². The fourth-order valence-corrected chi connectivity index (χ4v) is 2.74. The number of rotatable bonds is 4. The lowest BCUT2D eigenvalue weighted by Crippen LogP contribution is -2.34. The molecule has 1 saturated heterocycles. The fraction of sp³-hybridized carbons (Fsp3) is 0.643. The average molecular weight is 263 g/mol. The van der Waals surface area contributed by atoms with Crippen molar-refractivity contribution < 1.29 is 4.92 Å². The van der Waals surface area contributed by atoms with Gasteiger partial charge < -0.3 is 4.90 Å². The largest absolute Gasteiger partial charge is 0.357 e. The zero-order valence-electron chi connectivity index (χ0n) is 11.6. The Morgan fingerprint density at radius 2 is 2.11 bits per heavy atom. The molecule has 2 heterocycles. The van der Waals surface area contributed by atoms with Gasteiger partial charge in [0.25, 0.3) is 5.69 Å². The molecular formula is C14H21N3O2. The third kappa shape index (κ3) is 3.66. The Hall–Kier alpha value is -1.65. The SMILES string of the molecule is CC(C)CC1CCN(c2ccc([N+](=O)[O-])cn2)CC1. The third-order valence-corrected chi connectivity index (χ3v) is 3.69. The van der Waals surface area contributed by atoms with Crippen LogP contribution in [0.2, 0.25) is 0 Å². The molecule has 5 heteroatoms. The summed E-state index contributed by atoms with van der Waals surface area (Å²) in [5.74, 6) is 2.43. The van der Waals surface area contributed by atoms with Gasteiger partial charge in [-0.25, -0.2) is 4.98 Å². The van der Waals surface area contributed by atoms with Gasteiger partial charge in [0.1, 0.15) is 12.0 Å². The smallest absolute Gasteiger partial charge is 0.287 e. The number of aromatic nitrogens is 1. The van der Waals surface area contributed by atoms with Crippen LogP contribution in [-0.4, -0.2) is 23.0 Å². The molecule has 1 aromatic rings. The quantitative estimate of drug-likeness (QED) is 0.618. The van der Waals surface area contributed by atoms with Crippen LogP contribution in [0.15, 0.2) is 18.3 Å². The normalized spacial score (nSPS) is 16.9. The lowest BCUT2D eigenvalue weighted by molar-refractivity contribution is -0.385. The van der Waals surface area contributed by atoms with Gasteiger partial charge in [-0.2, -0.15) is 0 Å². The molecular weight excluding hydrogens is 242 g/mol. The first-order valence-electron chi connectivity index (χ1n) is 6.91. The summed E-state index contributed by atoms with van der Waals surface area (Å²) in [6, 6.07) is 3.28. The molecule has 0 bridgehead atoms. The van der Waals surface area contributed by atoms with Crippen molar-refractivity contribution in [2.75, 3.05) is 18.0 Å². The summed E-state index contributed by atoms with van der Waals surface area (Å²) in [7, 11) is 0. The first kappa shape index (κ1) is 13.8. The van der Waals surface area contributed by atoms with Crippen molar-refractivity contribution in [3.63, 3.8) is 0 Å². The van der Waals surface area contributed by atoms with Crippen LogP contribution in [0.3, 0.4) is 0 Å². The molecule has 1 aromatic heterocycles. The monoisotopic (exact) mass is 263 g/mol. The third-order valence-electron chi connectivity index (χ3n) is 3.69. The van der Waals surface area contributed by atoms with Gasteiger partial charge in [0.05, 0.1) is 4.92 Å². The van der Waals surface area contributed by atoms with Crippen molar-refractivity contribution in [3.05, 3.63) is 28.4 Å². The molecule has 1 aliphatic rings. The van der Waals surface area contributed by atoms with E-state index >= 15 is 0 Å². The number of anilines is 1. The van der Waals surface area contributed by atoms with E-state index in [4.69, 9.17) is 0 Å². The predicted octanol–water partition coefficient (Wildman–Crippen LogP) is 3.25. The van der Waals surface area contributed by atoms with Crippen molar-refractivity contribution in [3.8, 4) is 0 Å². The van der Waals surface area contributed by atoms with E-state index in [1.807, 2.05) is 0 Å². The lowest BCUT2D eigenvalue weighted by Gasteiger charge is -2.33. The highest BCUT2D eigenvalue weighted by Gasteiger charge is 2.21. The van der Waals surface area contributed by atoms with Crippen LogP contribution in [-0.2, 0) is 0 Å². The molecule has 1 fully saturated rings. The van der Waals surface area contributed by atoms with Gasteiger partial charge in [-0.05, 0) is 37.2 Å². The van der Waals surface area contributed by atoms with E-state index in [0.717, 1.165) is 30.7 Å². The Balaban J connectivity index is 1.92. The lowest BCUT2D eigenvalue weighted by atomic mass is 9.89. The van der Waals surface area contributed by atoms with Crippen molar-refractivity contribution >= 4 is 11.5 Å². The summed E-state index contributed by atoms with van der Waals surface area (Å²) in [6.45, 7) is 6.54. The highest BCUT2D eigenvalue weighted by molar-refractivity contribution is 5.43. The molecule has 0 spiro atoms. The molecule has 0 unspecified atom stereocenters. The second kappa shape index (κ2) is 5.99. The summed E-state index contributed by atoms with van der Waals surface area (Å²) in [5, 5.41) is 10.6. The van der Waals surface area contributed by atoms with E-state index < -0.39 is 4.92 Å². The van der Waals surface area contributed by atoms with Gasteiger partial charge in [0, 0.05) is 19.2 Å². The number of hydrogen-bond acceptors (Lipinski definition) is 4. The highest BCUT2D eigenvalue weighted by atomic mass is 16.6. The van der Waals surface area contributed by atoms with Gasteiger partial charge in [0.15, 0.2) is 0 Å². The molecule has 104 valence electrons. The van der Waals surface area contributed by atoms with Crippen molar-refractivity contribution in [1.82, 2.24) is 4.98 Å². The molecule has 2 rings (SSSR count). The molecule has 1 aliphatic heterocycles. The van der Waals surface area contributed by atoms with Gasteiger partial charge in [0.2, 0.25) is 0 Å². The molecule has 0 aromatic carbocycles. The summed E-state index contributed by atoms with van der Waals surface area (Å²) in [5.41, 5.74) is 0.0541. The minimum atomic E-state index is -0.411. The maximum absolute atomic E-state index is 10.6. The number of piperidine rings is 1. The number of nitro groups is 1. The van der Waals surface area contributed by atoms with Crippen molar-refractivity contribution in [2.24, 2.45) is 11.8 Å². The second-order valence-electron chi connectivity index (χ2n) is 5.69. The number of hydrogen-bond donors (Lipinski definition) is 0. The van der Waals surface area contributed by atoms with E-state index in [0.29, 0.717) is 0 Å². The Morgan fingerprint density at radius 3 is 2.58 bits per heavy atom. The molecule has 0 aliphatic carbocycles. The summed E-state index contributed by atoms with van der Waals surface area (Å²) < 4.78 is 0. The van der Waals surface area contributed by atoms with E-state index in [9.17, 15) is 10.1 Å². The van der Waals surface area contributed by atoms with E-state index in [-0.39, 0.29) is 5.69 Å². The Bertz CT molecular complexity index is 423. The first-order valence-corrected chi connectivity index (χ1v) is 6.91. The Kier molecular flexibility index (Phi) is 4.35. The number of pyridine rings is 1. The van der Waals surface area contributed by atoms with Crippen LogP contribution in [0.25, 0.3) is 0 Å². The van der Waals surface area contributed by atoms with E-state index in [1.54, 1.807) is 6.07 Å². The zero-order valence-corrected chi connectivity index (χ0v) is 11.6. The summed E-state index contributed by atoms with van der Waals surface area (Å²) in [6.07, 6.45) is 5.02. The summed E-state index contributed by atoms with van der Waals surface area (Å²) >= 11 is 0. The van der Waals surface area contributed by atoms with Gasteiger partial charge >= 0.3 is 0 Å². The highest BCUT2D eigenvalue weighted by Crippen LogP contribution is 2.26. The zero-order chi connectivity index (χ0) is 13.8. The molecule has 0 atom stereocenters. The van der Waals surface area contributed by atoms with E-state index in [1.165, 1.54) is 31.5 Å². The van der Waals surface area contributed by atoms with Crippen LogP contribution >= 0.6 is 0 Å². The van der Waals surface area contributed by atoms with Gasteiger partial charge in [-0.3, -0.25) is 10.1 Å². The van der Waals surface area contributed by atoms with Gasteiger partial charge in [-0.15, -0.1) is 0 Å². The molecule has 0 saturated carbocycles. The van der Waals surface area contributed by atoms with Crippen molar-refractivity contribution in [2.45, 2.75) is 33.1 Å². The second-order valence-corrected chi connectivity index (χ2v) is 5.69. The van der Waals surface area contributed by atoms with Crippen LogP contribution in [0.5, 0.6) is 0 Å². The average Bonchev–Trinajstić information content (AvgIpc) is 2.39. The van der Waals surface area contributed by atoms with Gasteiger partial charge in [-0.1, -0.05) is 13.8 Å². The van der Waals surface area contributed by atoms with Crippen LogP contribution in [0.4, 0.5) is 11.5 Å².